The maximum Gasteiger partial charge on any atom is 0.0619 e. The second-order valence-electron chi connectivity index (χ2n) is 5.16. The molecule has 2 N–H and O–H groups in total. The molecule has 0 aliphatic carbocycles. The molecule has 2 nitrogen and oxygen atoms in total. The summed E-state index contributed by atoms with van der Waals surface area (Å²) in [6.07, 6.45) is 2.49. The quantitative estimate of drug-likeness (QED) is 0.870. The fourth-order valence-electron chi connectivity index (χ4n) is 2.93. The largest absolute Gasteiger partial charge is 0.378 e. The zero-order valence-electron chi connectivity index (χ0n) is 11.1. The number of hydrogen-bond donors (Lipinski definition) is 1. The van der Waals surface area contributed by atoms with Crippen LogP contribution >= 0.6 is 0 Å². The zero-order chi connectivity index (χ0) is 12.4. The van der Waals surface area contributed by atoms with E-state index in [2.05, 4.69) is 39.0 Å². The molecule has 0 saturated carbocycles. The molecule has 0 radical (unpaired) electrons. The lowest BCUT2D eigenvalue weighted by Crippen LogP contribution is -2.28. The fourth-order valence-corrected chi connectivity index (χ4v) is 2.93. The maximum atomic E-state index is 6.44. The lowest BCUT2D eigenvalue weighted by atomic mass is 9.85. The first kappa shape index (κ1) is 12.6. The third kappa shape index (κ3) is 2.53. The van der Waals surface area contributed by atoms with Crippen molar-refractivity contribution in [3.63, 3.8) is 0 Å². The van der Waals surface area contributed by atoms with Crippen molar-refractivity contribution in [3.05, 3.63) is 34.9 Å². The summed E-state index contributed by atoms with van der Waals surface area (Å²) in [6.45, 7) is 7.31. The summed E-state index contributed by atoms with van der Waals surface area (Å²) in [5.41, 5.74) is 10.3. The molecular formula is C15H23NO. The minimum Gasteiger partial charge on any atom is -0.378 e. The van der Waals surface area contributed by atoms with E-state index in [1.165, 1.54) is 16.7 Å². The van der Waals surface area contributed by atoms with E-state index in [1.54, 1.807) is 0 Å². The lowest BCUT2D eigenvalue weighted by molar-refractivity contribution is 0.0813. The number of benzene rings is 1. The molecule has 2 rings (SSSR count). The predicted molar refractivity (Wildman–Crippen MR) is 71.0 cm³/mol. The molecule has 1 heterocycles. The van der Waals surface area contributed by atoms with Crippen LogP contribution < -0.4 is 5.73 Å². The molecule has 94 valence electrons. The number of rotatable bonds is 3. The number of nitrogens with two attached hydrogens (primary N) is 1. The summed E-state index contributed by atoms with van der Waals surface area (Å²) in [7, 11) is 0. The van der Waals surface area contributed by atoms with Crippen LogP contribution in [-0.4, -0.2) is 12.7 Å². The van der Waals surface area contributed by atoms with Gasteiger partial charge in [0.1, 0.15) is 0 Å². The zero-order valence-corrected chi connectivity index (χ0v) is 11.1. The molecule has 2 heteroatoms. The smallest absolute Gasteiger partial charge is 0.0619 e. The topological polar surface area (TPSA) is 35.2 Å². The van der Waals surface area contributed by atoms with E-state index in [1.807, 2.05) is 0 Å². The van der Waals surface area contributed by atoms with E-state index < -0.39 is 0 Å². The first-order valence-electron chi connectivity index (χ1n) is 6.57. The average Bonchev–Trinajstić information content (AvgIpc) is 2.76. The second-order valence-corrected chi connectivity index (χ2v) is 5.16. The molecule has 1 aromatic rings. The van der Waals surface area contributed by atoms with Gasteiger partial charge in [-0.2, -0.15) is 0 Å². The number of aryl methyl sites for hydroxylation is 2. The minimum atomic E-state index is 0.114. The van der Waals surface area contributed by atoms with E-state index >= 15 is 0 Å². The van der Waals surface area contributed by atoms with E-state index in [4.69, 9.17) is 10.5 Å². The Labute approximate surface area is 104 Å². The Kier molecular flexibility index (Phi) is 3.85. The molecule has 0 spiro atoms. The van der Waals surface area contributed by atoms with Gasteiger partial charge in [-0.05, 0) is 37.8 Å². The van der Waals surface area contributed by atoms with Gasteiger partial charge >= 0.3 is 0 Å². The Hall–Kier alpha value is -0.860. The van der Waals surface area contributed by atoms with Gasteiger partial charge in [0.05, 0.1) is 6.10 Å². The van der Waals surface area contributed by atoms with Gasteiger partial charge in [-0.3, -0.25) is 0 Å². The summed E-state index contributed by atoms with van der Waals surface area (Å²) in [4.78, 5) is 0. The summed E-state index contributed by atoms with van der Waals surface area (Å²) >= 11 is 0. The summed E-state index contributed by atoms with van der Waals surface area (Å²) in [5, 5.41) is 0. The molecule has 0 bridgehead atoms. The van der Waals surface area contributed by atoms with Crippen LogP contribution in [0.5, 0.6) is 0 Å². The van der Waals surface area contributed by atoms with Crippen molar-refractivity contribution in [1.82, 2.24) is 0 Å². The second kappa shape index (κ2) is 5.19. The Morgan fingerprint density at radius 2 is 2.18 bits per heavy atom. The maximum absolute atomic E-state index is 6.44. The molecule has 1 fully saturated rings. The van der Waals surface area contributed by atoms with Gasteiger partial charge in [0.15, 0.2) is 0 Å². The number of ether oxygens (including phenoxy) is 1. The molecule has 17 heavy (non-hydrogen) atoms. The SMILES string of the molecule is CCC1OCCC1C(N)c1ccc(C)cc1C. The van der Waals surface area contributed by atoms with Crippen LogP contribution in [0.1, 0.15) is 42.5 Å². The van der Waals surface area contributed by atoms with Crippen molar-refractivity contribution in [1.29, 1.82) is 0 Å². The van der Waals surface area contributed by atoms with E-state index in [9.17, 15) is 0 Å². The molecule has 0 amide bonds. The van der Waals surface area contributed by atoms with Gasteiger partial charge in [-0.1, -0.05) is 30.7 Å². The van der Waals surface area contributed by atoms with Gasteiger partial charge in [-0.15, -0.1) is 0 Å². The van der Waals surface area contributed by atoms with Crippen molar-refractivity contribution < 1.29 is 4.74 Å². The minimum absolute atomic E-state index is 0.114. The predicted octanol–water partition coefficient (Wildman–Crippen LogP) is 3.12. The first-order valence-corrected chi connectivity index (χ1v) is 6.57. The molecule has 1 saturated heterocycles. The van der Waals surface area contributed by atoms with Crippen LogP contribution in [0, 0.1) is 19.8 Å². The van der Waals surface area contributed by atoms with Gasteiger partial charge < -0.3 is 10.5 Å². The molecule has 3 atom stereocenters. The van der Waals surface area contributed by atoms with Crippen molar-refractivity contribution in [2.24, 2.45) is 11.7 Å². The third-order valence-corrected chi connectivity index (χ3v) is 3.91. The van der Waals surface area contributed by atoms with Crippen LogP contribution in [0.3, 0.4) is 0 Å². The summed E-state index contributed by atoms with van der Waals surface area (Å²) < 4.78 is 5.74. The third-order valence-electron chi connectivity index (χ3n) is 3.91. The number of hydrogen-bond acceptors (Lipinski definition) is 2. The molecule has 1 aliphatic heterocycles. The fraction of sp³-hybridized carbons (Fsp3) is 0.600. The monoisotopic (exact) mass is 233 g/mol. The van der Waals surface area contributed by atoms with Crippen molar-refractivity contribution in [3.8, 4) is 0 Å². The molecule has 1 aromatic carbocycles. The molecule has 3 unspecified atom stereocenters. The van der Waals surface area contributed by atoms with E-state index in [-0.39, 0.29) is 6.04 Å². The van der Waals surface area contributed by atoms with E-state index in [0.717, 1.165) is 19.4 Å². The first-order chi connectivity index (χ1) is 8.13. The Morgan fingerprint density at radius 1 is 1.41 bits per heavy atom. The highest BCUT2D eigenvalue weighted by molar-refractivity contribution is 5.33. The van der Waals surface area contributed by atoms with Gasteiger partial charge in [0, 0.05) is 18.6 Å². The molecule has 0 aromatic heterocycles. The van der Waals surface area contributed by atoms with Crippen LogP contribution in [0.4, 0.5) is 0 Å². The van der Waals surface area contributed by atoms with Crippen LogP contribution in [0.15, 0.2) is 18.2 Å². The average molecular weight is 233 g/mol. The summed E-state index contributed by atoms with van der Waals surface area (Å²) in [6, 6.07) is 6.66. The van der Waals surface area contributed by atoms with E-state index in [0.29, 0.717) is 12.0 Å². The normalized spacial score (nSPS) is 26.1. The summed E-state index contributed by atoms with van der Waals surface area (Å²) in [5.74, 6) is 0.474. The van der Waals surface area contributed by atoms with Crippen LogP contribution in [-0.2, 0) is 4.74 Å². The highest BCUT2D eigenvalue weighted by Gasteiger charge is 2.32. The molecular weight excluding hydrogens is 210 g/mol. The van der Waals surface area contributed by atoms with Crippen molar-refractivity contribution in [2.75, 3.05) is 6.61 Å². The standard InChI is InChI=1S/C15H23NO/c1-4-14-13(7-8-17-14)15(16)12-6-5-10(2)9-11(12)3/h5-6,9,13-15H,4,7-8,16H2,1-3H3. The van der Waals surface area contributed by atoms with Gasteiger partial charge in [0.2, 0.25) is 0 Å². The highest BCUT2D eigenvalue weighted by atomic mass is 16.5. The van der Waals surface area contributed by atoms with Crippen LogP contribution in [0.25, 0.3) is 0 Å². The van der Waals surface area contributed by atoms with Gasteiger partial charge in [0.25, 0.3) is 0 Å². The Morgan fingerprint density at radius 3 is 2.82 bits per heavy atom. The van der Waals surface area contributed by atoms with Gasteiger partial charge in [-0.25, -0.2) is 0 Å². The highest BCUT2D eigenvalue weighted by Crippen LogP contribution is 2.34. The Balaban J connectivity index is 2.21. The van der Waals surface area contributed by atoms with Crippen molar-refractivity contribution in [2.45, 2.75) is 45.8 Å². The van der Waals surface area contributed by atoms with Crippen LogP contribution in [0.2, 0.25) is 0 Å². The van der Waals surface area contributed by atoms with Crippen molar-refractivity contribution >= 4 is 0 Å². The lowest BCUT2D eigenvalue weighted by Gasteiger charge is -2.25. The molecule has 1 aliphatic rings. The Bertz CT molecular complexity index is 389.